The van der Waals surface area contributed by atoms with E-state index in [1.165, 1.54) is 25.7 Å². The summed E-state index contributed by atoms with van der Waals surface area (Å²) < 4.78 is 25.9. The highest BCUT2D eigenvalue weighted by molar-refractivity contribution is 5.32. The van der Waals surface area contributed by atoms with E-state index in [4.69, 9.17) is 18.9 Å². The minimum atomic E-state index is -0.00329. The molecule has 28 heavy (non-hydrogen) atoms. The van der Waals surface area contributed by atoms with Crippen molar-refractivity contribution in [3.8, 4) is 0 Å². The molecule has 16 atom stereocenters. The molecule has 2 heterocycles. The van der Waals surface area contributed by atoms with Crippen LogP contribution in [0.15, 0.2) is 0 Å². The molecule has 0 aromatic heterocycles. The molecule has 12 unspecified atom stereocenters. The van der Waals surface area contributed by atoms with Crippen LogP contribution in [0.1, 0.15) is 39.5 Å². The zero-order chi connectivity index (χ0) is 18.7. The van der Waals surface area contributed by atoms with E-state index >= 15 is 0 Å². The van der Waals surface area contributed by atoms with E-state index in [1.807, 2.05) is 14.2 Å². The van der Waals surface area contributed by atoms with Crippen molar-refractivity contribution in [2.45, 2.75) is 64.3 Å². The molecule has 0 N–H and O–H groups in total. The van der Waals surface area contributed by atoms with Crippen molar-refractivity contribution in [2.24, 2.45) is 70.0 Å². The molecule has 154 valence electrons. The van der Waals surface area contributed by atoms with Crippen molar-refractivity contribution in [3.63, 3.8) is 0 Å². The Morgan fingerprint density at radius 2 is 1.04 bits per heavy atom. The first-order valence-electron chi connectivity index (χ1n) is 11.9. The molecule has 8 aliphatic rings. The van der Waals surface area contributed by atoms with E-state index in [9.17, 15) is 0 Å². The summed E-state index contributed by atoms with van der Waals surface area (Å²) in [6.45, 7) is 5.17. The highest BCUT2D eigenvalue weighted by Crippen LogP contribution is 2.87. The maximum absolute atomic E-state index is 6.78. The Kier molecular flexibility index (Phi) is 2.77. The van der Waals surface area contributed by atoms with Crippen molar-refractivity contribution in [1.82, 2.24) is 0 Å². The molecular formula is C24H34O4. The number of ether oxygens (including phenoxy) is 4. The largest absolute Gasteiger partial charge is 0.355 e. The number of methoxy groups -OCH3 is 2. The molecule has 2 saturated heterocycles. The zero-order valence-corrected chi connectivity index (χ0v) is 17.5. The molecule has 0 aromatic rings. The first-order valence-corrected chi connectivity index (χ1v) is 11.9. The van der Waals surface area contributed by atoms with E-state index in [-0.39, 0.29) is 23.4 Å². The molecule has 0 aromatic carbocycles. The monoisotopic (exact) mass is 386 g/mol. The highest BCUT2D eigenvalue weighted by atomic mass is 16.7. The molecule has 6 aliphatic carbocycles. The average molecular weight is 387 g/mol. The molecule has 0 bridgehead atoms. The van der Waals surface area contributed by atoms with Gasteiger partial charge in [0.15, 0.2) is 12.6 Å². The summed E-state index contributed by atoms with van der Waals surface area (Å²) in [6, 6.07) is 0. The van der Waals surface area contributed by atoms with Crippen LogP contribution in [0.25, 0.3) is 0 Å². The molecule has 4 nitrogen and oxygen atoms in total. The van der Waals surface area contributed by atoms with Crippen molar-refractivity contribution >= 4 is 0 Å². The van der Waals surface area contributed by atoms with Crippen LogP contribution in [0.4, 0.5) is 0 Å². The van der Waals surface area contributed by atoms with Crippen LogP contribution < -0.4 is 0 Å². The molecule has 2 aliphatic heterocycles. The van der Waals surface area contributed by atoms with E-state index in [0.717, 1.165) is 59.2 Å². The lowest BCUT2D eigenvalue weighted by molar-refractivity contribution is -0.287. The summed E-state index contributed by atoms with van der Waals surface area (Å²) >= 11 is 0. The maximum atomic E-state index is 6.78. The van der Waals surface area contributed by atoms with Gasteiger partial charge in [0.05, 0.1) is 12.2 Å². The fourth-order valence-electron chi connectivity index (χ4n) is 12.4. The van der Waals surface area contributed by atoms with Gasteiger partial charge in [-0.2, -0.15) is 0 Å². The third-order valence-corrected chi connectivity index (χ3v) is 12.2. The minimum Gasteiger partial charge on any atom is -0.355 e. The predicted octanol–water partition coefficient (Wildman–Crippen LogP) is 3.55. The van der Waals surface area contributed by atoms with Crippen LogP contribution in [-0.2, 0) is 18.9 Å². The van der Waals surface area contributed by atoms with Gasteiger partial charge in [0.2, 0.25) is 0 Å². The lowest BCUT2D eigenvalue weighted by Crippen LogP contribution is -2.56. The van der Waals surface area contributed by atoms with Crippen molar-refractivity contribution < 1.29 is 18.9 Å². The zero-order valence-electron chi connectivity index (χ0n) is 17.5. The molecule has 8 rings (SSSR count). The highest BCUT2D eigenvalue weighted by Gasteiger charge is 2.87. The van der Waals surface area contributed by atoms with Crippen LogP contribution in [0.2, 0.25) is 0 Å². The van der Waals surface area contributed by atoms with Crippen LogP contribution >= 0.6 is 0 Å². The van der Waals surface area contributed by atoms with Gasteiger partial charge in [-0.25, -0.2) is 0 Å². The molecule has 6 saturated carbocycles. The van der Waals surface area contributed by atoms with Gasteiger partial charge in [-0.05, 0) is 84.9 Å². The number of rotatable bonds is 2. The average Bonchev–Trinajstić information content (AvgIpc) is 3.44. The molecule has 8 fully saturated rings. The number of hydrogen-bond donors (Lipinski definition) is 0. The Balaban J connectivity index is 1.41. The third kappa shape index (κ3) is 1.32. The smallest absolute Gasteiger partial charge is 0.163 e. The summed E-state index contributed by atoms with van der Waals surface area (Å²) in [5.41, 5.74) is 0.396. The molecule has 0 amide bonds. The predicted molar refractivity (Wildman–Crippen MR) is 101 cm³/mol. The van der Waals surface area contributed by atoms with Crippen molar-refractivity contribution in [1.29, 1.82) is 0 Å². The quantitative estimate of drug-likeness (QED) is 0.727. The molecule has 0 spiro atoms. The van der Waals surface area contributed by atoms with E-state index in [2.05, 4.69) is 13.8 Å². The first kappa shape index (κ1) is 16.5. The summed E-state index contributed by atoms with van der Waals surface area (Å²) in [6.07, 6.45) is 5.99. The Hall–Kier alpha value is -0.160. The van der Waals surface area contributed by atoms with E-state index in [1.54, 1.807) is 0 Å². The second-order valence-corrected chi connectivity index (χ2v) is 12.1. The summed E-state index contributed by atoms with van der Waals surface area (Å²) in [5, 5.41) is 0. The minimum absolute atomic E-state index is 0.00329. The lowest BCUT2D eigenvalue weighted by Gasteiger charge is -2.53. The van der Waals surface area contributed by atoms with Gasteiger partial charge in [-0.3, -0.25) is 0 Å². The summed E-state index contributed by atoms with van der Waals surface area (Å²) in [5.74, 6) is 7.96. The molecule has 0 radical (unpaired) electrons. The Labute approximate surface area is 168 Å². The van der Waals surface area contributed by atoms with Gasteiger partial charge in [0, 0.05) is 25.0 Å². The SMILES string of the molecule is CO[C@H]1OC2CCC3C2C2C4C5C(C6CCC7O[C@H](OC)[C@@](C)(C34)C5C76)[C@@]21C. The van der Waals surface area contributed by atoms with Crippen molar-refractivity contribution in [2.75, 3.05) is 14.2 Å². The van der Waals surface area contributed by atoms with E-state index < -0.39 is 0 Å². The fourth-order valence-corrected chi connectivity index (χ4v) is 12.4. The summed E-state index contributed by atoms with van der Waals surface area (Å²) in [7, 11) is 3.80. The van der Waals surface area contributed by atoms with Gasteiger partial charge in [-0.1, -0.05) is 13.8 Å². The second-order valence-electron chi connectivity index (χ2n) is 12.1. The van der Waals surface area contributed by atoms with Crippen molar-refractivity contribution in [3.05, 3.63) is 0 Å². The fraction of sp³-hybridized carbons (Fsp3) is 1.00. The van der Waals surface area contributed by atoms with E-state index in [0.29, 0.717) is 12.2 Å². The van der Waals surface area contributed by atoms with Gasteiger partial charge in [0.25, 0.3) is 0 Å². The standard InChI is InChI=1S/C24H34O4/c1-23-17-9-5-7-12-14(9)20-15(17)16-18(24(20,2)22(26-4)28-12)10-6-8-11(13(10)19(16)23)27-21(23)25-3/h9-22H,5-8H2,1-4H3/t9?,10?,11?,12?,13?,14?,15?,16?,17?,18?,19?,20?,21-,22-,23-,24-/m0/s1. The topological polar surface area (TPSA) is 36.9 Å². The van der Waals surface area contributed by atoms with Gasteiger partial charge in [-0.15, -0.1) is 0 Å². The Morgan fingerprint density at radius 3 is 1.43 bits per heavy atom. The lowest BCUT2D eigenvalue weighted by atomic mass is 9.61. The molecular weight excluding hydrogens is 352 g/mol. The maximum Gasteiger partial charge on any atom is 0.163 e. The van der Waals surface area contributed by atoms with Gasteiger partial charge < -0.3 is 18.9 Å². The van der Waals surface area contributed by atoms with Crippen LogP contribution in [0.3, 0.4) is 0 Å². The molecule has 4 heteroatoms. The Bertz CT molecular complexity index is 693. The van der Waals surface area contributed by atoms with Gasteiger partial charge >= 0.3 is 0 Å². The Morgan fingerprint density at radius 1 is 0.607 bits per heavy atom. The van der Waals surface area contributed by atoms with Crippen LogP contribution in [0, 0.1) is 70.0 Å². The third-order valence-electron chi connectivity index (χ3n) is 12.2. The number of fused-ring (bicyclic) bond motifs is 4. The number of hydrogen-bond acceptors (Lipinski definition) is 4. The van der Waals surface area contributed by atoms with Gasteiger partial charge in [0.1, 0.15) is 0 Å². The second kappa shape index (κ2) is 4.69. The summed E-state index contributed by atoms with van der Waals surface area (Å²) in [4.78, 5) is 0. The first-order chi connectivity index (χ1) is 13.6. The van der Waals surface area contributed by atoms with Crippen LogP contribution in [0.5, 0.6) is 0 Å². The normalized spacial score (nSPS) is 74.1. The van der Waals surface area contributed by atoms with Crippen LogP contribution in [-0.4, -0.2) is 39.0 Å².